The Hall–Kier alpha value is -0.290. The van der Waals surface area contributed by atoms with Gasteiger partial charge in [0.1, 0.15) is 0 Å². The standard InChI is InChI=1S/C7H11F3O2/c1-4-5(2,3)12-6(4,11)7(8,9)10/h4,11H,1-3H3. The molecule has 72 valence electrons. The maximum Gasteiger partial charge on any atom is 0.443 e. The van der Waals surface area contributed by atoms with Gasteiger partial charge in [-0.05, 0) is 13.8 Å². The SMILES string of the molecule is CC1C(C)(C)OC1(O)C(F)(F)F. The van der Waals surface area contributed by atoms with Gasteiger partial charge in [0.15, 0.2) is 0 Å². The second-order valence-corrected chi connectivity index (χ2v) is 3.62. The van der Waals surface area contributed by atoms with Gasteiger partial charge in [0.05, 0.1) is 5.60 Å². The Morgan fingerprint density at radius 3 is 1.83 bits per heavy atom. The highest BCUT2D eigenvalue weighted by atomic mass is 19.4. The zero-order chi connectivity index (χ0) is 9.78. The summed E-state index contributed by atoms with van der Waals surface area (Å²) in [5.41, 5.74) is -0.899. The highest BCUT2D eigenvalue weighted by Crippen LogP contribution is 2.53. The van der Waals surface area contributed by atoms with Crippen molar-refractivity contribution in [1.29, 1.82) is 0 Å². The molecule has 1 aliphatic rings. The van der Waals surface area contributed by atoms with Crippen LogP contribution in [0.3, 0.4) is 0 Å². The molecule has 0 amide bonds. The first-order chi connectivity index (χ1) is 5.11. The van der Waals surface area contributed by atoms with E-state index in [9.17, 15) is 13.2 Å². The summed E-state index contributed by atoms with van der Waals surface area (Å²) in [5.74, 6) is -3.89. The van der Waals surface area contributed by atoms with Crippen LogP contribution in [0.15, 0.2) is 0 Å². The minimum absolute atomic E-state index is 0.899. The van der Waals surface area contributed by atoms with Crippen LogP contribution >= 0.6 is 0 Å². The maximum absolute atomic E-state index is 12.1. The highest BCUT2D eigenvalue weighted by Gasteiger charge is 2.71. The molecule has 0 aliphatic carbocycles. The van der Waals surface area contributed by atoms with Crippen molar-refractivity contribution >= 4 is 0 Å². The first-order valence-corrected chi connectivity index (χ1v) is 3.60. The highest BCUT2D eigenvalue weighted by molar-refractivity contribution is 5.02. The summed E-state index contributed by atoms with van der Waals surface area (Å²) in [6, 6.07) is 0. The molecule has 12 heavy (non-hydrogen) atoms. The fourth-order valence-electron chi connectivity index (χ4n) is 1.29. The predicted molar refractivity (Wildman–Crippen MR) is 35.3 cm³/mol. The van der Waals surface area contributed by atoms with E-state index in [-0.39, 0.29) is 0 Å². The average molecular weight is 184 g/mol. The number of hydrogen-bond acceptors (Lipinski definition) is 2. The summed E-state index contributed by atoms with van der Waals surface area (Å²) >= 11 is 0. The van der Waals surface area contributed by atoms with E-state index in [0.717, 1.165) is 0 Å². The van der Waals surface area contributed by atoms with Gasteiger partial charge < -0.3 is 9.84 Å². The van der Waals surface area contributed by atoms with Crippen LogP contribution in [0.2, 0.25) is 0 Å². The molecule has 1 saturated heterocycles. The fraction of sp³-hybridized carbons (Fsp3) is 1.00. The Balaban J connectivity index is 2.82. The number of hydrogen-bond donors (Lipinski definition) is 1. The zero-order valence-electron chi connectivity index (χ0n) is 7.07. The van der Waals surface area contributed by atoms with Crippen molar-refractivity contribution in [2.75, 3.05) is 0 Å². The molecule has 1 aliphatic heterocycles. The summed E-state index contributed by atoms with van der Waals surface area (Å²) in [5, 5.41) is 9.00. The predicted octanol–water partition coefficient (Wildman–Crippen LogP) is 1.68. The average Bonchev–Trinajstić information content (AvgIpc) is 1.83. The van der Waals surface area contributed by atoms with Crippen LogP contribution in [0.1, 0.15) is 20.8 Å². The van der Waals surface area contributed by atoms with E-state index < -0.39 is 23.5 Å². The van der Waals surface area contributed by atoms with E-state index in [1.54, 1.807) is 0 Å². The summed E-state index contributed by atoms with van der Waals surface area (Å²) in [4.78, 5) is 0. The molecule has 0 aromatic rings. The Morgan fingerprint density at radius 2 is 1.75 bits per heavy atom. The molecule has 0 aromatic carbocycles. The first kappa shape index (κ1) is 9.80. The molecule has 2 atom stereocenters. The van der Waals surface area contributed by atoms with Crippen LogP contribution in [-0.2, 0) is 4.74 Å². The lowest BCUT2D eigenvalue weighted by molar-refractivity contribution is -0.486. The zero-order valence-corrected chi connectivity index (χ0v) is 7.07. The van der Waals surface area contributed by atoms with Gasteiger partial charge >= 0.3 is 6.18 Å². The quantitative estimate of drug-likeness (QED) is 0.620. The summed E-state index contributed by atoms with van der Waals surface area (Å²) in [6.45, 7) is 4.34. The Bertz CT molecular complexity index is 199. The number of alkyl halides is 3. The van der Waals surface area contributed by atoms with Crippen molar-refractivity contribution in [3.8, 4) is 0 Å². The smallest absolute Gasteiger partial charge is 0.358 e. The number of rotatable bonds is 0. The van der Waals surface area contributed by atoms with Gasteiger partial charge in [-0.2, -0.15) is 13.2 Å². The van der Waals surface area contributed by atoms with Crippen molar-refractivity contribution in [3.05, 3.63) is 0 Å². The van der Waals surface area contributed by atoms with Gasteiger partial charge in [0, 0.05) is 5.92 Å². The van der Waals surface area contributed by atoms with Crippen LogP contribution in [0, 0.1) is 5.92 Å². The molecule has 2 nitrogen and oxygen atoms in total. The third-order valence-corrected chi connectivity index (χ3v) is 2.45. The normalized spacial score (nSPS) is 40.8. The van der Waals surface area contributed by atoms with Crippen LogP contribution in [0.5, 0.6) is 0 Å². The second-order valence-electron chi connectivity index (χ2n) is 3.62. The summed E-state index contributed by atoms with van der Waals surface area (Å²) < 4.78 is 40.7. The Kier molecular flexibility index (Phi) is 1.75. The van der Waals surface area contributed by atoms with Gasteiger partial charge in [-0.1, -0.05) is 6.92 Å². The molecule has 0 aromatic heterocycles. The lowest BCUT2D eigenvalue weighted by Gasteiger charge is -2.55. The molecule has 1 rings (SSSR count). The summed E-state index contributed by atoms with van der Waals surface area (Å²) in [6.07, 6.45) is -4.71. The first-order valence-electron chi connectivity index (χ1n) is 3.60. The lowest BCUT2D eigenvalue weighted by atomic mass is 9.78. The Morgan fingerprint density at radius 1 is 1.33 bits per heavy atom. The fourth-order valence-corrected chi connectivity index (χ4v) is 1.29. The van der Waals surface area contributed by atoms with Gasteiger partial charge in [-0.15, -0.1) is 0 Å². The van der Waals surface area contributed by atoms with Crippen molar-refractivity contribution in [2.45, 2.75) is 38.3 Å². The molecular weight excluding hydrogens is 173 g/mol. The molecule has 0 radical (unpaired) electrons. The molecule has 0 spiro atoms. The van der Waals surface area contributed by atoms with E-state index >= 15 is 0 Å². The molecule has 0 saturated carbocycles. The van der Waals surface area contributed by atoms with Gasteiger partial charge in [-0.3, -0.25) is 0 Å². The second kappa shape index (κ2) is 2.14. The minimum atomic E-state index is -4.71. The van der Waals surface area contributed by atoms with Crippen molar-refractivity contribution in [2.24, 2.45) is 5.92 Å². The third kappa shape index (κ3) is 1.03. The van der Waals surface area contributed by atoms with Crippen molar-refractivity contribution < 1.29 is 23.0 Å². The summed E-state index contributed by atoms with van der Waals surface area (Å²) in [7, 11) is 0. The van der Waals surface area contributed by atoms with Crippen molar-refractivity contribution in [1.82, 2.24) is 0 Å². The molecule has 2 unspecified atom stereocenters. The van der Waals surface area contributed by atoms with E-state index in [1.807, 2.05) is 0 Å². The number of aliphatic hydroxyl groups is 1. The van der Waals surface area contributed by atoms with E-state index in [2.05, 4.69) is 4.74 Å². The Labute approximate surface area is 68.3 Å². The maximum atomic E-state index is 12.1. The topological polar surface area (TPSA) is 29.5 Å². The van der Waals surface area contributed by atoms with E-state index in [4.69, 9.17) is 5.11 Å². The van der Waals surface area contributed by atoms with Crippen molar-refractivity contribution in [3.63, 3.8) is 0 Å². The molecular formula is C7H11F3O2. The minimum Gasteiger partial charge on any atom is -0.358 e. The molecule has 5 heteroatoms. The largest absolute Gasteiger partial charge is 0.443 e. The molecule has 1 N–H and O–H groups in total. The van der Waals surface area contributed by atoms with Crippen LogP contribution in [0.4, 0.5) is 13.2 Å². The number of ether oxygens (including phenoxy) is 1. The van der Waals surface area contributed by atoms with Gasteiger partial charge in [0.25, 0.3) is 5.79 Å². The number of halogens is 3. The molecule has 1 fully saturated rings. The van der Waals surface area contributed by atoms with Gasteiger partial charge in [-0.25, -0.2) is 0 Å². The van der Waals surface area contributed by atoms with Crippen LogP contribution < -0.4 is 0 Å². The third-order valence-electron chi connectivity index (χ3n) is 2.45. The van der Waals surface area contributed by atoms with E-state index in [0.29, 0.717) is 0 Å². The van der Waals surface area contributed by atoms with Crippen LogP contribution in [0.25, 0.3) is 0 Å². The lowest BCUT2D eigenvalue weighted by Crippen LogP contribution is -2.71. The van der Waals surface area contributed by atoms with Crippen LogP contribution in [-0.4, -0.2) is 22.7 Å². The molecule has 0 bridgehead atoms. The van der Waals surface area contributed by atoms with Gasteiger partial charge in [0.2, 0.25) is 0 Å². The molecule has 1 heterocycles. The monoisotopic (exact) mass is 184 g/mol. The van der Waals surface area contributed by atoms with E-state index in [1.165, 1.54) is 20.8 Å².